The van der Waals surface area contributed by atoms with Crippen LogP contribution in [0.3, 0.4) is 0 Å². The van der Waals surface area contributed by atoms with Crippen LogP contribution < -0.4 is 14.9 Å². The topological polar surface area (TPSA) is 123 Å². The Kier molecular flexibility index (Phi) is 8.63. The molecule has 11 nitrogen and oxygen atoms in total. The number of amides is 2. The van der Waals surface area contributed by atoms with Crippen molar-refractivity contribution in [2.45, 2.75) is 37.8 Å². The molecule has 1 aliphatic heterocycles. The molecule has 3 atom stereocenters. The van der Waals surface area contributed by atoms with Crippen LogP contribution in [0.15, 0.2) is 71.7 Å². The van der Waals surface area contributed by atoms with Gasteiger partial charge in [0, 0.05) is 56.0 Å². The molecule has 2 amide bonds. The van der Waals surface area contributed by atoms with Crippen LogP contribution in [-0.4, -0.2) is 84.6 Å². The number of ether oxygens (including phenoxy) is 3. The zero-order valence-corrected chi connectivity index (χ0v) is 28.0. The van der Waals surface area contributed by atoms with Crippen molar-refractivity contribution in [1.82, 2.24) is 19.4 Å². The number of rotatable bonds is 9. The fourth-order valence-corrected chi connectivity index (χ4v) is 7.59. The second kappa shape index (κ2) is 12.7. The fourth-order valence-electron chi connectivity index (χ4n) is 7.59. The summed E-state index contributed by atoms with van der Waals surface area (Å²) in [5.41, 5.74) is 2.58. The van der Waals surface area contributed by atoms with Crippen molar-refractivity contribution in [1.29, 1.82) is 0 Å². The molecule has 2 aliphatic rings. The lowest BCUT2D eigenvalue weighted by atomic mass is 9.75. The number of aromatic nitrogens is 2. The molecular weight excluding hydrogens is 612 g/mol. The van der Waals surface area contributed by atoms with Crippen molar-refractivity contribution in [3.8, 4) is 11.6 Å². The van der Waals surface area contributed by atoms with E-state index < -0.39 is 17.4 Å². The van der Waals surface area contributed by atoms with Gasteiger partial charge in [0.2, 0.25) is 0 Å². The molecule has 4 aromatic rings. The summed E-state index contributed by atoms with van der Waals surface area (Å²) in [6.45, 7) is 2.10. The maximum Gasteiger partial charge on any atom is 0.332 e. The van der Waals surface area contributed by atoms with E-state index in [1.165, 1.54) is 19.1 Å². The Morgan fingerprint density at radius 1 is 1.00 bits per heavy atom. The maximum atomic E-state index is 14.4. The maximum absolute atomic E-state index is 14.4. The lowest BCUT2D eigenvalue weighted by Gasteiger charge is -2.40. The fraction of sp³-hybridized carbons (Fsp3) is 0.351. The van der Waals surface area contributed by atoms with Crippen molar-refractivity contribution in [3.05, 3.63) is 116 Å². The molecule has 1 saturated heterocycles. The van der Waals surface area contributed by atoms with Gasteiger partial charge in [0.05, 0.1) is 33.4 Å². The Bertz CT molecular complexity index is 1930. The third-order valence-electron chi connectivity index (χ3n) is 9.83. The highest BCUT2D eigenvalue weighted by atomic mass is 16.5. The van der Waals surface area contributed by atoms with E-state index in [4.69, 9.17) is 14.2 Å². The van der Waals surface area contributed by atoms with Crippen molar-refractivity contribution in [3.63, 3.8) is 0 Å². The minimum atomic E-state index is -1.44. The van der Waals surface area contributed by atoms with Gasteiger partial charge in [-0.25, -0.2) is 4.79 Å². The molecule has 0 saturated carbocycles. The third kappa shape index (κ3) is 5.23. The van der Waals surface area contributed by atoms with Gasteiger partial charge in [0.15, 0.2) is 16.8 Å². The quantitative estimate of drug-likeness (QED) is 0.273. The van der Waals surface area contributed by atoms with E-state index in [2.05, 4.69) is 4.98 Å². The van der Waals surface area contributed by atoms with Gasteiger partial charge < -0.3 is 33.6 Å². The minimum absolute atomic E-state index is 0.0836. The number of pyridine rings is 1. The number of benzene rings is 2. The summed E-state index contributed by atoms with van der Waals surface area (Å²) in [5.74, 6) is -0.732. The molecule has 1 aliphatic carbocycles. The number of carbonyl (C=O) groups excluding carboxylic acids is 3. The van der Waals surface area contributed by atoms with Crippen LogP contribution in [0.4, 0.5) is 0 Å². The normalized spacial score (nSPS) is 19.4. The molecule has 250 valence electrons. The highest BCUT2D eigenvalue weighted by molar-refractivity contribution is 6.00. The van der Waals surface area contributed by atoms with Gasteiger partial charge in [0.25, 0.3) is 11.8 Å². The van der Waals surface area contributed by atoms with Crippen LogP contribution in [-0.2, 0) is 28.9 Å². The summed E-state index contributed by atoms with van der Waals surface area (Å²) in [4.78, 5) is 62.1. The minimum Gasteiger partial charge on any atom is -0.497 e. The Labute approximate surface area is 279 Å². The number of likely N-dealkylation sites (tertiary alicyclic amines) is 1. The summed E-state index contributed by atoms with van der Waals surface area (Å²) in [7, 11) is 7.76. The van der Waals surface area contributed by atoms with Gasteiger partial charge in [-0.2, -0.15) is 0 Å². The zero-order valence-electron chi connectivity index (χ0n) is 28.0. The molecule has 1 fully saturated rings. The van der Waals surface area contributed by atoms with Crippen molar-refractivity contribution in [2.75, 3.05) is 42.0 Å². The summed E-state index contributed by atoms with van der Waals surface area (Å²) in [6, 6.07) is 18.2. The molecule has 11 heteroatoms. The predicted molar refractivity (Wildman–Crippen MR) is 179 cm³/mol. The summed E-state index contributed by atoms with van der Waals surface area (Å²) in [6.07, 6.45) is 2.26. The number of fused-ring (bicyclic) bond motifs is 3. The first kappa shape index (κ1) is 32.6. The third-order valence-corrected chi connectivity index (χ3v) is 9.83. The van der Waals surface area contributed by atoms with Crippen LogP contribution >= 0.6 is 0 Å². The first-order valence-corrected chi connectivity index (χ1v) is 15.8. The van der Waals surface area contributed by atoms with Gasteiger partial charge in [-0.1, -0.05) is 30.3 Å². The summed E-state index contributed by atoms with van der Waals surface area (Å²) >= 11 is 0. The second-order valence-electron chi connectivity index (χ2n) is 12.7. The lowest BCUT2D eigenvalue weighted by Crippen LogP contribution is -2.58. The number of methoxy groups -OCH3 is 3. The van der Waals surface area contributed by atoms with Crippen molar-refractivity contribution >= 4 is 17.8 Å². The molecule has 0 unspecified atom stereocenters. The second-order valence-corrected chi connectivity index (χ2v) is 12.7. The van der Waals surface area contributed by atoms with E-state index in [9.17, 15) is 19.2 Å². The molecule has 48 heavy (non-hydrogen) atoms. The molecule has 2 aromatic carbocycles. The first-order valence-electron chi connectivity index (χ1n) is 15.8. The molecule has 0 radical (unpaired) electrons. The van der Waals surface area contributed by atoms with Gasteiger partial charge in [-0.05, 0) is 60.7 Å². The number of aryl methyl sites for hydroxylation is 1. The molecule has 6 rings (SSSR count). The number of H-pyrrole nitrogens is 1. The number of nitrogens with one attached hydrogen (secondary N) is 1. The molecule has 1 N–H and O–H groups in total. The van der Waals surface area contributed by atoms with E-state index in [1.807, 2.05) is 41.0 Å². The molecule has 0 bridgehead atoms. The zero-order chi connectivity index (χ0) is 34.3. The van der Waals surface area contributed by atoms with E-state index in [0.717, 1.165) is 16.8 Å². The smallest absolute Gasteiger partial charge is 0.332 e. The van der Waals surface area contributed by atoms with E-state index in [-0.39, 0.29) is 36.1 Å². The van der Waals surface area contributed by atoms with Gasteiger partial charge in [-0.15, -0.1) is 0 Å². The lowest BCUT2D eigenvalue weighted by molar-refractivity contribution is -0.153. The Morgan fingerprint density at radius 3 is 2.33 bits per heavy atom. The SMILES string of the molecule is COC(=O)[C@@]1(Cc2ccc(OC)cc2)[C@H]2c3cc(C(=O)N(C)C)n(Cc4c(OC)[nH]cc(C)c4=O)c3C[C@H]2CN1C(=O)c1ccccc1. The van der Waals surface area contributed by atoms with Gasteiger partial charge in [-0.3, -0.25) is 14.4 Å². The van der Waals surface area contributed by atoms with Gasteiger partial charge in [0.1, 0.15) is 11.4 Å². The molecule has 0 spiro atoms. The van der Waals surface area contributed by atoms with E-state index in [1.54, 1.807) is 63.5 Å². The summed E-state index contributed by atoms with van der Waals surface area (Å²) in [5, 5.41) is 0. The largest absolute Gasteiger partial charge is 0.497 e. The number of carbonyl (C=O) groups is 3. The number of nitrogens with zero attached hydrogens (tertiary/aromatic N) is 3. The molecular formula is C37H40N4O7. The highest BCUT2D eigenvalue weighted by Crippen LogP contribution is 2.55. The number of hydrogen-bond acceptors (Lipinski definition) is 7. The van der Waals surface area contributed by atoms with E-state index >= 15 is 0 Å². The van der Waals surface area contributed by atoms with Crippen molar-refractivity contribution < 1.29 is 28.6 Å². The summed E-state index contributed by atoms with van der Waals surface area (Å²) < 4.78 is 18.4. The van der Waals surface area contributed by atoms with E-state index in [0.29, 0.717) is 47.0 Å². The Morgan fingerprint density at radius 2 is 1.71 bits per heavy atom. The average Bonchev–Trinajstić information content (AvgIpc) is 3.74. The number of aromatic amines is 1. The van der Waals surface area contributed by atoms with Gasteiger partial charge >= 0.3 is 5.97 Å². The van der Waals surface area contributed by atoms with Crippen LogP contribution in [0.5, 0.6) is 11.6 Å². The number of esters is 1. The molecule has 3 heterocycles. The monoisotopic (exact) mass is 652 g/mol. The highest BCUT2D eigenvalue weighted by Gasteiger charge is 2.64. The van der Waals surface area contributed by atoms with Crippen LogP contribution in [0.2, 0.25) is 0 Å². The number of hydrogen-bond donors (Lipinski definition) is 1. The predicted octanol–water partition coefficient (Wildman–Crippen LogP) is 3.82. The van der Waals surface area contributed by atoms with Crippen LogP contribution in [0, 0.1) is 12.8 Å². The molecule has 2 aromatic heterocycles. The average molecular weight is 653 g/mol. The van der Waals surface area contributed by atoms with Crippen LogP contribution in [0.1, 0.15) is 54.7 Å². The Hall–Kier alpha value is -5.32. The first-order chi connectivity index (χ1) is 23.0. The van der Waals surface area contributed by atoms with Crippen LogP contribution in [0.25, 0.3) is 0 Å². The van der Waals surface area contributed by atoms with Crippen molar-refractivity contribution in [2.24, 2.45) is 5.92 Å². The standard InChI is InChI=1S/C37H40N4O7/c1-22-19-38-33(47-5)28(32(22)42)21-40-29-16-25-20-41(34(43)24-10-8-7-9-11-24)37(36(45)48-6,18-23-12-14-26(46-4)15-13-23)31(25)27(29)17-30(40)35(44)39(2)3/h7-15,17,19,25,31H,16,18,20-21H2,1-6H3,(H,38,42)/t25-,31+,37+/m0/s1. The Balaban J connectivity index is 1.56.